The summed E-state index contributed by atoms with van der Waals surface area (Å²) in [6, 6.07) is 3.72. The minimum absolute atomic E-state index is 0.0234. The maximum absolute atomic E-state index is 13.8. The fourth-order valence-corrected chi connectivity index (χ4v) is 2.45. The second-order valence-electron chi connectivity index (χ2n) is 4.70. The maximum atomic E-state index is 13.8. The van der Waals surface area contributed by atoms with Crippen LogP contribution in [0.2, 0.25) is 0 Å². The Balaban J connectivity index is 1.93. The SMILES string of the molecule is O=C(COc1ccc(F)cc1Br)N1CCC(F)(C(=O)O)C1. The van der Waals surface area contributed by atoms with E-state index >= 15 is 0 Å². The zero-order valence-electron chi connectivity index (χ0n) is 10.8. The molecule has 1 heterocycles. The molecule has 1 aromatic carbocycles. The van der Waals surface area contributed by atoms with Crippen molar-refractivity contribution in [2.45, 2.75) is 12.1 Å². The van der Waals surface area contributed by atoms with Crippen molar-refractivity contribution >= 4 is 27.8 Å². The number of likely N-dealkylation sites (tertiary alicyclic amines) is 1. The van der Waals surface area contributed by atoms with E-state index in [0.717, 1.165) is 4.90 Å². The third-order valence-electron chi connectivity index (χ3n) is 3.20. The van der Waals surface area contributed by atoms with Gasteiger partial charge in [-0.15, -0.1) is 0 Å². The van der Waals surface area contributed by atoms with Gasteiger partial charge in [0, 0.05) is 13.0 Å². The molecule has 0 aromatic heterocycles. The van der Waals surface area contributed by atoms with Gasteiger partial charge in [0.25, 0.3) is 5.91 Å². The minimum atomic E-state index is -2.40. The predicted molar refractivity (Wildman–Crippen MR) is 72.3 cm³/mol. The van der Waals surface area contributed by atoms with Crippen LogP contribution in [0, 0.1) is 5.82 Å². The molecular weight excluding hydrogens is 352 g/mol. The van der Waals surface area contributed by atoms with Gasteiger partial charge in [-0.2, -0.15) is 0 Å². The number of nitrogens with zero attached hydrogens (tertiary/aromatic N) is 1. The van der Waals surface area contributed by atoms with Crippen molar-refractivity contribution < 1.29 is 28.2 Å². The number of carboxylic acid groups (broad SMARTS) is 1. The smallest absolute Gasteiger partial charge is 0.343 e. The van der Waals surface area contributed by atoms with Crippen LogP contribution in [0.25, 0.3) is 0 Å². The first-order chi connectivity index (χ1) is 9.82. The number of rotatable bonds is 4. The molecule has 1 aliphatic rings. The Hall–Kier alpha value is -1.70. The van der Waals surface area contributed by atoms with Crippen molar-refractivity contribution in [2.24, 2.45) is 0 Å². The molecule has 8 heteroatoms. The Morgan fingerprint density at radius 3 is 2.76 bits per heavy atom. The summed E-state index contributed by atoms with van der Waals surface area (Å²) in [7, 11) is 0. The number of amides is 1. The summed E-state index contributed by atoms with van der Waals surface area (Å²) < 4.78 is 32.3. The molecule has 1 aliphatic heterocycles. The standard InChI is InChI=1S/C13H12BrF2NO4/c14-9-5-8(15)1-2-10(9)21-6-11(18)17-4-3-13(16,7-17)12(19)20/h1-2,5H,3-4,6-7H2,(H,19,20). The van der Waals surface area contributed by atoms with Gasteiger partial charge in [-0.25, -0.2) is 13.6 Å². The van der Waals surface area contributed by atoms with Gasteiger partial charge in [-0.1, -0.05) is 0 Å². The predicted octanol–water partition coefficient (Wildman–Crippen LogP) is 1.99. The highest BCUT2D eigenvalue weighted by atomic mass is 79.9. The van der Waals surface area contributed by atoms with Crippen LogP contribution in [0.15, 0.2) is 22.7 Å². The number of alkyl halides is 1. The van der Waals surface area contributed by atoms with E-state index in [1.807, 2.05) is 0 Å². The molecule has 1 fully saturated rings. The number of carboxylic acids is 1. The summed E-state index contributed by atoms with van der Waals surface area (Å²) in [6.45, 7) is -0.843. The van der Waals surface area contributed by atoms with Crippen molar-refractivity contribution in [1.82, 2.24) is 4.90 Å². The summed E-state index contributed by atoms with van der Waals surface area (Å²) in [6.07, 6.45) is -0.242. The van der Waals surface area contributed by atoms with Crippen LogP contribution in [0.4, 0.5) is 8.78 Å². The van der Waals surface area contributed by atoms with Gasteiger partial charge in [0.2, 0.25) is 5.67 Å². The molecule has 0 radical (unpaired) electrons. The molecule has 0 bridgehead atoms. The fourth-order valence-electron chi connectivity index (χ4n) is 1.98. The molecule has 1 N–H and O–H groups in total. The van der Waals surface area contributed by atoms with E-state index in [-0.39, 0.29) is 25.3 Å². The van der Waals surface area contributed by atoms with Crippen molar-refractivity contribution in [2.75, 3.05) is 19.7 Å². The summed E-state index contributed by atoms with van der Waals surface area (Å²) in [4.78, 5) is 23.7. The molecule has 0 saturated carbocycles. The first-order valence-corrected chi connectivity index (χ1v) is 6.89. The van der Waals surface area contributed by atoms with E-state index in [4.69, 9.17) is 9.84 Å². The van der Waals surface area contributed by atoms with Crippen molar-refractivity contribution in [3.8, 4) is 5.75 Å². The topological polar surface area (TPSA) is 66.8 Å². The Bertz CT molecular complexity index is 583. The van der Waals surface area contributed by atoms with Gasteiger partial charge in [-0.05, 0) is 34.1 Å². The van der Waals surface area contributed by atoms with Gasteiger partial charge < -0.3 is 14.7 Å². The molecule has 21 heavy (non-hydrogen) atoms. The van der Waals surface area contributed by atoms with Crippen molar-refractivity contribution in [1.29, 1.82) is 0 Å². The van der Waals surface area contributed by atoms with E-state index in [9.17, 15) is 18.4 Å². The summed E-state index contributed by atoms with van der Waals surface area (Å²) in [5, 5.41) is 8.76. The van der Waals surface area contributed by atoms with Crippen LogP contribution in [-0.4, -0.2) is 47.2 Å². The normalized spacial score (nSPS) is 21.4. The van der Waals surface area contributed by atoms with Crippen molar-refractivity contribution in [3.63, 3.8) is 0 Å². The molecule has 0 aliphatic carbocycles. The molecule has 1 aromatic rings. The largest absolute Gasteiger partial charge is 0.483 e. The zero-order chi connectivity index (χ0) is 15.6. The molecule has 5 nitrogen and oxygen atoms in total. The highest BCUT2D eigenvalue weighted by molar-refractivity contribution is 9.10. The second-order valence-corrected chi connectivity index (χ2v) is 5.55. The van der Waals surface area contributed by atoms with Gasteiger partial charge in [0.1, 0.15) is 11.6 Å². The Labute approximate surface area is 127 Å². The van der Waals surface area contributed by atoms with Crippen LogP contribution < -0.4 is 4.74 Å². The number of benzene rings is 1. The van der Waals surface area contributed by atoms with E-state index < -0.39 is 29.9 Å². The highest BCUT2D eigenvalue weighted by Crippen LogP contribution is 2.27. The number of hydrogen-bond acceptors (Lipinski definition) is 3. The molecule has 2 rings (SSSR count). The van der Waals surface area contributed by atoms with Gasteiger partial charge >= 0.3 is 5.97 Å². The Kier molecular flexibility index (Phi) is 4.46. The third-order valence-corrected chi connectivity index (χ3v) is 3.82. The van der Waals surface area contributed by atoms with Crippen LogP contribution in [0.5, 0.6) is 5.75 Å². The van der Waals surface area contributed by atoms with Crippen LogP contribution in [-0.2, 0) is 9.59 Å². The number of hydrogen-bond donors (Lipinski definition) is 1. The number of ether oxygens (including phenoxy) is 1. The average Bonchev–Trinajstić information content (AvgIpc) is 2.82. The molecule has 1 atom stereocenters. The lowest BCUT2D eigenvalue weighted by atomic mass is 10.1. The first-order valence-electron chi connectivity index (χ1n) is 6.10. The summed E-state index contributed by atoms with van der Waals surface area (Å²) >= 11 is 3.09. The molecule has 1 amide bonds. The van der Waals surface area contributed by atoms with E-state index in [1.165, 1.54) is 18.2 Å². The maximum Gasteiger partial charge on any atom is 0.343 e. The number of carbonyl (C=O) groups is 2. The second kappa shape index (κ2) is 5.97. The minimum Gasteiger partial charge on any atom is -0.483 e. The molecule has 0 spiro atoms. The fraction of sp³-hybridized carbons (Fsp3) is 0.385. The van der Waals surface area contributed by atoms with E-state index in [1.54, 1.807) is 0 Å². The average molecular weight is 364 g/mol. The van der Waals surface area contributed by atoms with E-state index in [2.05, 4.69) is 15.9 Å². The lowest BCUT2D eigenvalue weighted by Gasteiger charge is -2.18. The van der Waals surface area contributed by atoms with Crippen LogP contribution in [0.1, 0.15) is 6.42 Å². The Morgan fingerprint density at radius 1 is 1.48 bits per heavy atom. The molecule has 1 unspecified atom stereocenters. The number of halogens is 3. The molecular formula is C13H12BrF2NO4. The highest BCUT2D eigenvalue weighted by Gasteiger charge is 2.46. The van der Waals surface area contributed by atoms with Gasteiger partial charge in [0.05, 0.1) is 11.0 Å². The summed E-state index contributed by atoms with van der Waals surface area (Å²) in [5.74, 6) is -2.27. The molecule has 1 saturated heterocycles. The van der Waals surface area contributed by atoms with Crippen LogP contribution in [0.3, 0.4) is 0 Å². The first kappa shape index (κ1) is 15.7. The molecule has 114 valence electrons. The Morgan fingerprint density at radius 2 is 2.19 bits per heavy atom. The number of carbonyl (C=O) groups excluding carboxylic acids is 1. The van der Waals surface area contributed by atoms with Crippen molar-refractivity contribution in [3.05, 3.63) is 28.5 Å². The van der Waals surface area contributed by atoms with E-state index in [0.29, 0.717) is 4.47 Å². The third kappa shape index (κ3) is 3.49. The quantitative estimate of drug-likeness (QED) is 0.888. The lowest BCUT2D eigenvalue weighted by molar-refractivity contribution is -0.150. The van der Waals surface area contributed by atoms with Crippen LogP contribution >= 0.6 is 15.9 Å². The lowest BCUT2D eigenvalue weighted by Crippen LogP contribution is -2.40. The number of aliphatic carboxylic acids is 1. The monoisotopic (exact) mass is 363 g/mol. The zero-order valence-corrected chi connectivity index (χ0v) is 12.4. The van der Waals surface area contributed by atoms with Gasteiger partial charge in [0.15, 0.2) is 6.61 Å². The van der Waals surface area contributed by atoms with Gasteiger partial charge in [-0.3, -0.25) is 4.79 Å². The summed E-state index contributed by atoms with van der Waals surface area (Å²) in [5.41, 5.74) is -2.40.